The van der Waals surface area contributed by atoms with Gasteiger partial charge in [-0.15, -0.1) is 0 Å². The molecule has 2 amide bonds. The van der Waals surface area contributed by atoms with Crippen LogP contribution in [0, 0.1) is 5.92 Å². The molecule has 0 atom stereocenters. The molecule has 0 bridgehead atoms. The molecule has 3 N–H and O–H groups in total. The van der Waals surface area contributed by atoms with E-state index in [9.17, 15) is 33.0 Å². The first-order valence-corrected chi connectivity index (χ1v) is 14.2. The number of aliphatic hydroxyl groups excluding tert-OH is 1. The van der Waals surface area contributed by atoms with Gasteiger partial charge in [-0.05, 0) is 78.4 Å². The van der Waals surface area contributed by atoms with Gasteiger partial charge in [-0.3, -0.25) is 14.4 Å². The summed E-state index contributed by atoms with van der Waals surface area (Å²) in [4.78, 5) is 34.2. The topological polar surface area (TPSA) is 156 Å². The highest BCUT2D eigenvalue weighted by Gasteiger charge is 2.37. The number of pyridine rings is 1. The summed E-state index contributed by atoms with van der Waals surface area (Å²) in [6.45, 7) is 6.17. The Morgan fingerprint density at radius 2 is 1.84 bits per heavy atom. The molecule has 0 saturated heterocycles. The molecule has 1 saturated carbocycles. The molecule has 3 heterocycles. The number of nitrogens with one attached hydrogen (secondary N) is 1. The van der Waals surface area contributed by atoms with E-state index in [4.69, 9.17) is 9.15 Å². The molecular formula is C29H37F3N6O6. The number of halogens is 3. The van der Waals surface area contributed by atoms with E-state index in [-0.39, 0.29) is 52.9 Å². The molecule has 4 rings (SSSR count). The van der Waals surface area contributed by atoms with Crippen LogP contribution in [0.3, 0.4) is 0 Å². The molecule has 44 heavy (non-hydrogen) atoms. The minimum absolute atomic E-state index is 0.0432. The molecule has 0 aromatic carbocycles. The van der Waals surface area contributed by atoms with Crippen molar-refractivity contribution in [3.8, 4) is 11.5 Å². The van der Waals surface area contributed by atoms with Crippen molar-refractivity contribution in [1.29, 1.82) is 0 Å². The van der Waals surface area contributed by atoms with Crippen LogP contribution in [-0.2, 0) is 10.3 Å². The fourth-order valence-electron chi connectivity index (χ4n) is 4.85. The third-order valence-corrected chi connectivity index (χ3v) is 6.97. The zero-order valence-corrected chi connectivity index (χ0v) is 25.2. The Balaban J connectivity index is 1.55. The van der Waals surface area contributed by atoms with Crippen molar-refractivity contribution in [2.45, 2.75) is 83.7 Å². The summed E-state index contributed by atoms with van der Waals surface area (Å²) < 4.78 is 52.3. The molecular weight excluding hydrogens is 585 g/mol. The predicted molar refractivity (Wildman–Crippen MR) is 153 cm³/mol. The molecule has 0 radical (unpaired) electrons. The van der Waals surface area contributed by atoms with Gasteiger partial charge in [0.2, 0.25) is 5.89 Å². The van der Waals surface area contributed by atoms with Gasteiger partial charge in [-0.1, -0.05) is 0 Å². The Morgan fingerprint density at radius 3 is 2.43 bits per heavy atom. The number of amides is 2. The lowest BCUT2D eigenvalue weighted by molar-refractivity contribution is -0.119. The van der Waals surface area contributed by atoms with Crippen LogP contribution in [0.1, 0.15) is 82.5 Å². The Kier molecular flexibility index (Phi) is 9.40. The lowest BCUT2D eigenvalue weighted by Gasteiger charge is -2.27. The standard InChI is InChI=1S/C29H37F3N6O6/c1-27(2,3)44-26(41)37(16-29(30,31)32)22-12-18(10-11-33-22)25-35-21(15-43-25)24(40)34-20-13-38(36-23(20)28(4,5)42)19-8-6-17(14-39)7-9-19/h10-13,15,17,19,39,42H,6-9,14,16H2,1-5H3,(H,34,40)/t17-,19-. The van der Waals surface area contributed by atoms with E-state index < -0.39 is 35.9 Å². The zero-order chi connectivity index (χ0) is 32.4. The maximum atomic E-state index is 13.3. The summed E-state index contributed by atoms with van der Waals surface area (Å²) in [6.07, 6.45) is 1.19. The Hall–Kier alpha value is -3.98. The number of oxazole rings is 1. The predicted octanol–water partition coefficient (Wildman–Crippen LogP) is 5.44. The molecule has 3 aromatic heterocycles. The minimum atomic E-state index is -4.74. The maximum absolute atomic E-state index is 13.3. The first-order valence-electron chi connectivity index (χ1n) is 14.2. The van der Waals surface area contributed by atoms with Crippen LogP contribution in [0.5, 0.6) is 0 Å². The number of carbonyl (C=O) groups excluding carboxylic acids is 2. The van der Waals surface area contributed by atoms with Crippen molar-refractivity contribution in [3.63, 3.8) is 0 Å². The fraction of sp³-hybridized carbons (Fsp3) is 0.552. The third-order valence-electron chi connectivity index (χ3n) is 6.97. The van der Waals surface area contributed by atoms with Crippen LogP contribution >= 0.6 is 0 Å². The molecule has 15 heteroatoms. The van der Waals surface area contributed by atoms with Gasteiger partial charge < -0.3 is 24.7 Å². The van der Waals surface area contributed by atoms with Crippen LogP contribution in [0.15, 0.2) is 35.2 Å². The summed E-state index contributed by atoms with van der Waals surface area (Å²) in [5.41, 5.74) is -1.88. The van der Waals surface area contributed by atoms with Gasteiger partial charge in [0.1, 0.15) is 35.5 Å². The van der Waals surface area contributed by atoms with Gasteiger partial charge in [-0.25, -0.2) is 14.8 Å². The number of aliphatic hydroxyl groups is 2. The van der Waals surface area contributed by atoms with Crippen molar-refractivity contribution >= 4 is 23.5 Å². The minimum Gasteiger partial charge on any atom is -0.444 e. The monoisotopic (exact) mass is 622 g/mol. The van der Waals surface area contributed by atoms with E-state index in [0.29, 0.717) is 4.90 Å². The van der Waals surface area contributed by atoms with E-state index >= 15 is 0 Å². The average Bonchev–Trinajstić information content (AvgIpc) is 3.59. The second-order valence-electron chi connectivity index (χ2n) is 12.4. The second kappa shape index (κ2) is 12.6. The van der Waals surface area contributed by atoms with Gasteiger partial charge in [0, 0.05) is 24.6 Å². The number of aromatic nitrogens is 4. The zero-order valence-electron chi connectivity index (χ0n) is 25.2. The van der Waals surface area contributed by atoms with Gasteiger partial charge >= 0.3 is 12.3 Å². The molecule has 240 valence electrons. The van der Waals surface area contributed by atoms with Crippen molar-refractivity contribution < 1.29 is 42.1 Å². The average molecular weight is 623 g/mol. The molecule has 1 fully saturated rings. The number of rotatable bonds is 8. The van der Waals surface area contributed by atoms with Crippen LogP contribution in [0.4, 0.5) is 29.5 Å². The van der Waals surface area contributed by atoms with Gasteiger partial charge in [-0.2, -0.15) is 18.3 Å². The van der Waals surface area contributed by atoms with E-state index in [1.54, 1.807) is 24.7 Å². The summed E-state index contributed by atoms with van der Waals surface area (Å²) in [5, 5.41) is 27.5. The Labute approximate surface area is 252 Å². The number of nitrogens with zero attached hydrogens (tertiary/aromatic N) is 5. The summed E-state index contributed by atoms with van der Waals surface area (Å²) >= 11 is 0. The number of carbonyl (C=O) groups is 2. The lowest BCUT2D eigenvalue weighted by atomic mass is 9.87. The van der Waals surface area contributed by atoms with Crippen LogP contribution in [0.25, 0.3) is 11.5 Å². The van der Waals surface area contributed by atoms with E-state index in [1.165, 1.54) is 39.1 Å². The Morgan fingerprint density at radius 1 is 1.16 bits per heavy atom. The molecule has 3 aromatic rings. The van der Waals surface area contributed by atoms with Gasteiger partial charge in [0.05, 0.1) is 11.7 Å². The van der Waals surface area contributed by atoms with Crippen molar-refractivity contribution in [2.75, 3.05) is 23.4 Å². The summed E-state index contributed by atoms with van der Waals surface area (Å²) in [5.74, 6) is -0.879. The van der Waals surface area contributed by atoms with Crippen molar-refractivity contribution in [1.82, 2.24) is 19.7 Å². The SMILES string of the molecule is CC(C)(C)OC(=O)N(CC(F)(F)F)c1cc(-c2nc(C(=O)Nc3cn([C@H]4CC[C@H](CO)CC4)nc3C(C)(C)O)co2)ccn1. The first-order chi connectivity index (χ1) is 20.4. The smallest absolute Gasteiger partial charge is 0.416 e. The summed E-state index contributed by atoms with van der Waals surface area (Å²) in [7, 11) is 0. The van der Waals surface area contributed by atoms with Gasteiger partial charge in [0.15, 0.2) is 5.69 Å². The highest BCUT2D eigenvalue weighted by atomic mass is 19.4. The number of hydrogen-bond donors (Lipinski definition) is 3. The van der Waals surface area contributed by atoms with Crippen LogP contribution in [0.2, 0.25) is 0 Å². The second-order valence-corrected chi connectivity index (χ2v) is 12.4. The summed E-state index contributed by atoms with van der Waals surface area (Å²) in [6, 6.07) is 2.62. The number of ether oxygens (including phenoxy) is 1. The third kappa shape index (κ3) is 8.34. The molecule has 12 nitrogen and oxygen atoms in total. The largest absolute Gasteiger partial charge is 0.444 e. The van der Waals surface area contributed by atoms with Crippen molar-refractivity contribution in [3.05, 3.63) is 42.2 Å². The Bertz CT molecular complexity index is 1470. The quantitative estimate of drug-likeness (QED) is 0.298. The molecule has 1 aliphatic rings. The normalized spacial score (nSPS) is 17.8. The number of hydrogen-bond acceptors (Lipinski definition) is 9. The van der Waals surface area contributed by atoms with E-state index in [2.05, 4.69) is 20.4 Å². The molecule has 0 aliphatic heterocycles. The van der Waals surface area contributed by atoms with Gasteiger partial charge in [0.25, 0.3) is 5.91 Å². The van der Waals surface area contributed by atoms with E-state index in [1.807, 2.05) is 0 Å². The fourth-order valence-corrected chi connectivity index (χ4v) is 4.85. The van der Waals surface area contributed by atoms with Crippen LogP contribution < -0.4 is 10.2 Å². The number of alkyl halides is 3. The maximum Gasteiger partial charge on any atom is 0.416 e. The number of anilines is 2. The van der Waals surface area contributed by atoms with Crippen molar-refractivity contribution in [2.24, 2.45) is 5.92 Å². The van der Waals surface area contributed by atoms with E-state index in [0.717, 1.165) is 31.9 Å². The highest BCUT2D eigenvalue weighted by molar-refractivity contribution is 6.03. The van der Waals surface area contributed by atoms with Crippen LogP contribution in [-0.4, -0.2) is 66.9 Å². The lowest BCUT2D eigenvalue weighted by Crippen LogP contribution is -2.42. The molecule has 0 spiro atoms. The first kappa shape index (κ1) is 32.9. The highest BCUT2D eigenvalue weighted by Crippen LogP contribution is 2.35. The molecule has 0 unspecified atom stereocenters. The molecule has 1 aliphatic carbocycles.